The number of pyridine rings is 1. The fourth-order valence-electron chi connectivity index (χ4n) is 10.8. The molecule has 370 valence electrons. The average molecular weight is 994 g/mol. The number of rotatable bonds is 14. The van der Waals surface area contributed by atoms with Gasteiger partial charge in [-0.3, -0.25) is 24.7 Å². The lowest BCUT2D eigenvalue weighted by molar-refractivity contribution is -0.386. The number of H-pyrrole nitrogens is 1. The van der Waals surface area contributed by atoms with Crippen molar-refractivity contribution in [2.45, 2.75) is 69.9 Å². The number of nitrogens with one attached hydrogen (secondary N) is 2. The second kappa shape index (κ2) is 19.9. The number of hydrogen-bond donors (Lipinski definition) is 2. The summed E-state index contributed by atoms with van der Waals surface area (Å²) in [6.45, 7) is 16.4. The molecule has 5 aromatic rings. The zero-order valence-electron chi connectivity index (χ0n) is 40.0. The van der Waals surface area contributed by atoms with Gasteiger partial charge in [0.2, 0.25) is 0 Å². The van der Waals surface area contributed by atoms with E-state index in [1.54, 1.807) is 30.5 Å². The van der Waals surface area contributed by atoms with Crippen LogP contribution >= 0.6 is 11.6 Å². The van der Waals surface area contributed by atoms with Gasteiger partial charge in [-0.2, -0.15) is 0 Å². The van der Waals surface area contributed by atoms with Gasteiger partial charge in [-0.15, -0.1) is 0 Å². The number of carbonyl (C=O) groups excluding carboxylic acids is 1. The van der Waals surface area contributed by atoms with Crippen molar-refractivity contribution in [3.05, 3.63) is 117 Å². The number of halogens is 1. The summed E-state index contributed by atoms with van der Waals surface area (Å²) in [6, 6.07) is 20.1. The molecule has 70 heavy (non-hydrogen) atoms. The van der Waals surface area contributed by atoms with Crippen LogP contribution in [0.3, 0.4) is 0 Å². The van der Waals surface area contributed by atoms with E-state index >= 15 is 0 Å². The van der Waals surface area contributed by atoms with Gasteiger partial charge in [-0.05, 0) is 104 Å². The number of ether oxygens (including phenoxy) is 3. The van der Waals surface area contributed by atoms with Crippen LogP contribution in [0.1, 0.15) is 67.9 Å². The summed E-state index contributed by atoms with van der Waals surface area (Å²) in [6.07, 6.45) is 7.64. The standard InChI is InChI=1S/C52H61ClN8O8S/c1-34-29-57(18-21-60(34)41-32-67-33-41)15-12-35-22-45-47(61(63)64)25-43(26-48(45)68-31-35)70(65,66)56-51(62)44-9-8-40(24-49(44)69-42-23-37-11-14-54-50(37)55-28-42)59-19-16-58(17-20-59)30-38-10-13-52(2,3)27-46(38)36-4-6-39(53)7-5-36/h4-9,11,14,23-26,28,34-35,41H,10,12-13,15-22,27,29-33H2,1-3H3,(H,54,55)(H,56,62)/t34-,35+/m1/s1. The fraction of sp³-hybridized carbons (Fsp3) is 0.462. The van der Waals surface area contributed by atoms with Crippen molar-refractivity contribution in [3.8, 4) is 17.2 Å². The molecule has 16 nitrogen and oxygen atoms in total. The third kappa shape index (κ3) is 10.6. The van der Waals surface area contributed by atoms with Crippen LogP contribution in [-0.4, -0.2) is 135 Å². The summed E-state index contributed by atoms with van der Waals surface area (Å²) < 4.78 is 48.1. The Morgan fingerprint density at radius 1 is 1.00 bits per heavy atom. The van der Waals surface area contributed by atoms with Gasteiger partial charge in [0.25, 0.3) is 21.6 Å². The van der Waals surface area contributed by atoms with E-state index in [0.29, 0.717) is 42.1 Å². The number of amides is 1. The zero-order chi connectivity index (χ0) is 48.7. The first-order chi connectivity index (χ1) is 33.6. The molecule has 18 heteroatoms. The average Bonchev–Trinajstić information content (AvgIpc) is 3.79. The Bertz CT molecular complexity index is 2910. The van der Waals surface area contributed by atoms with Crippen molar-refractivity contribution in [2.75, 3.05) is 83.6 Å². The minimum atomic E-state index is -4.64. The molecule has 2 atom stereocenters. The minimum absolute atomic E-state index is 0.0150. The monoisotopic (exact) mass is 992 g/mol. The highest BCUT2D eigenvalue weighted by Gasteiger charge is 2.36. The van der Waals surface area contributed by atoms with Gasteiger partial charge in [0.15, 0.2) is 0 Å². The number of sulfonamides is 1. The molecule has 6 heterocycles. The minimum Gasteiger partial charge on any atom is -0.493 e. The molecule has 1 aliphatic carbocycles. The SMILES string of the molecule is C[C@@H]1CN(CC[C@@H]2COc3cc(S(=O)(=O)NC(=O)c4ccc(N5CCN(CC6=C(c7ccc(Cl)cc7)CC(C)(C)CC6)CC5)cc4Oc4cnc5[nH]ccc5c4)cc([N+](=O)[O-])c3C2)CCN1C1COC1. The van der Waals surface area contributed by atoms with Crippen LogP contribution in [0.2, 0.25) is 5.02 Å². The highest BCUT2D eigenvalue weighted by molar-refractivity contribution is 7.90. The first-order valence-corrected chi connectivity index (χ1v) is 26.3. The van der Waals surface area contributed by atoms with Crippen LogP contribution in [-0.2, 0) is 21.2 Å². The Balaban J connectivity index is 0.837. The normalized spacial score (nSPS) is 21.5. The van der Waals surface area contributed by atoms with Gasteiger partial charge in [0.1, 0.15) is 22.9 Å². The van der Waals surface area contributed by atoms with Gasteiger partial charge < -0.3 is 29.0 Å². The van der Waals surface area contributed by atoms with E-state index < -0.39 is 25.7 Å². The highest BCUT2D eigenvalue weighted by Crippen LogP contribution is 2.44. The predicted molar refractivity (Wildman–Crippen MR) is 270 cm³/mol. The summed E-state index contributed by atoms with van der Waals surface area (Å²) in [5.41, 5.74) is 5.75. The Hall–Kier alpha value is -5.56. The van der Waals surface area contributed by atoms with E-state index in [2.05, 4.69) is 67.2 Å². The van der Waals surface area contributed by atoms with Gasteiger partial charge in [0.05, 0.1) is 53.0 Å². The van der Waals surface area contributed by atoms with Crippen LogP contribution in [0.4, 0.5) is 11.4 Å². The molecule has 2 N–H and O–H groups in total. The van der Waals surface area contributed by atoms with Crippen LogP contribution in [0.5, 0.6) is 17.2 Å². The molecule has 0 unspecified atom stereocenters. The van der Waals surface area contributed by atoms with Crippen molar-refractivity contribution in [2.24, 2.45) is 11.3 Å². The number of piperazine rings is 2. The molecule has 1 amide bonds. The summed E-state index contributed by atoms with van der Waals surface area (Å²) in [4.78, 5) is 42.8. The zero-order valence-corrected chi connectivity index (χ0v) is 41.6. The van der Waals surface area contributed by atoms with Crippen molar-refractivity contribution in [1.29, 1.82) is 0 Å². The molecule has 0 bridgehead atoms. The predicted octanol–water partition coefficient (Wildman–Crippen LogP) is 8.17. The number of aromatic nitrogens is 2. The maximum atomic E-state index is 14.2. The van der Waals surface area contributed by atoms with Crippen molar-refractivity contribution >= 4 is 55.5 Å². The van der Waals surface area contributed by atoms with Gasteiger partial charge in [-0.1, -0.05) is 43.2 Å². The molecule has 3 saturated heterocycles. The third-order valence-electron chi connectivity index (χ3n) is 14.9. The van der Waals surface area contributed by atoms with Crippen LogP contribution in [0.25, 0.3) is 16.6 Å². The Morgan fingerprint density at radius 2 is 1.79 bits per heavy atom. The molecule has 2 aromatic heterocycles. The number of benzene rings is 3. The van der Waals surface area contributed by atoms with E-state index in [-0.39, 0.29) is 34.1 Å². The lowest BCUT2D eigenvalue weighted by Crippen LogP contribution is -2.60. The first-order valence-electron chi connectivity index (χ1n) is 24.4. The number of nitrogens with zero attached hydrogens (tertiary/aromatic N) is 6. The summed E-state index contributed by atoms with van der Waals surface area (Å²) in [5.74, 6) is -0.335. The first kappa shape index (κ1) is 48.1. The molecule has 0 spiro atoms. The summed E-state index contributed by atoms with van der Waals surface area (Å²) in [5, 5.41) is 14.0. The summed E-state index contributed by atoms with van der Waals surface area (Å²) >= 11 is 6.26. The van der Waals surface area contributed by atoms with E-state index in [1.165, 1.54) is 29.0 Å². The molecule has 0 saturated carbocycles. The van der Waals surface area contributed by atoms with Crippen molar-refractivity contribution in [3.63, 3.8) is 0 Å². The molecular weight excluding hydrogens is 932 g/mol. The highest BCUT2D eigenvalue weighted by atomic mass is 35.5. The molecule has 0 radical (unpaired) electrons. The maximum absolute atomic E-state index is 14.2. The quantitative estimate of drug-likeness (QED) is 0.0806. The molecule has 4 aliphatic heterocycles. The maximum Gasteiger partial charge on any atom is 0.277 e. The number of aromatic amines is 1. The second-order valence-corrected chi connectivity index (χ2v) is 22.5. The number of hydrogen-bond acceptors (Lipinski definition) is 13. The smallest absolute Gasteiger partial charge is 0.277 e. The number of anilines is 1. The number of nitro benzene ring substituents is 1. The number of carbonyl (C=O) groups is 1. The lowest BCUT2D eigenvalue weighted by atomic mass is 9.72. The van der Waals surface area contributed by atoms with Gasteiger partial charge in [-0.25, -0.2) is 18.1 Å². The molecule has 10 rings (SSSR count). The number of allylic oxidation sites excluding steroid dienone is 1. The number of nitro groups is 1. The third-order valence-corrected chi connectivity index (χ3v) is 16.5. The number of fused-ring (bicyclic) bond motifs is 2. The van der Waals surface area contributed by atoms with Crippen LogP contribution in [0.15, 0.2) is 89.6 Å². The van der Waals surface area contributed by atoms with Crippen LogP contribution < -0.4 is 19.1 Å². The van der Waals surface area contributed by atoms with E-state index in [1.807, 2.05) is 18.2 Å². The van der Waals surface area contributed by atoms with E-state index in [0.717, 1.165) is 120 Å². The summed E-state index contributed by atoms with van der Waals surface area (Å²) in [7, 11) is -4.64. The van der Waals surface area contributed by atoms with Crippen molar-refractivity contribution < 1.29 is 32.3 Å². The second-order valence-electron chi connectivity index (χ2n) is 20.4. The molecular formula is C52H61ClN8O8S. The Morgan fingerprint density at radius 3 is 2.53 bits per heavy atom. The largest absolute Gasteiger partial charge is 0.493 e. The fourth-order valence-corrected chi connectivity index (χ4v) is 11.9. The lowest BCUT2D eigenvalue weighted by Gasteiger charge is -2.46. The van der Waals surface area contributed by atoms with Crippen molar-refractivity contribution in [1.82, 2.24) is 29.4 Å². The molecule has 3 aromatic carbocycles. The van der Waals surface area contributed by atoms with Gasteiger partial charge >= 0.3 is 0 Å². The molecule has 5 aliphatic rings. The Labute approximate surface area is 414 Å². The van der Waals surface area contributed by atoms with Crippen LogP contribution in [0, 0.1) is 21.4 Å². The van der Waals surface area contributed by atoms with E-state index in [9.17, 15) is 23.3 Å². The molecule has 3 fully saturated rings. The van der Waals surface area contributed by atoms with Gasteiger partial charge in [0, 0.05) is 98.9 Å². The van der Waals surface area contributed by atoms with E-state index in [4.69, 9.17) is 25.8 Å². The topological polar surface area (TPSA) is 176 Å². The Kier molecular flexibility index (Phi) is 13.7.